The van der Waals surface area contributed by atoms with Crippen molar-refractivity contribution in [3.05, 3.63) is 60.2 Å². The summed E-state index contributed by atoms with van der Waals surface area (Å²) in [7, 11) is 0. The first-order chi connectivity index (χ1) is 22.4. The molecule has 48 heavy (non-hydrogen) atoms. The van der Waals surface area contributed by atoms with Crippen molar-refractivity contribution in [1.82, 2.24) is 0 Å². The van der Waals surface area contributed by atoms with Crippen LogP contribution in [0.15, 0.2) is 54.6 Å². The number of hydrogen-bond donors (Lipinski definition) is 4. The van der Waals surface area contributed by atoms with E-state index in [0.717, 1.165) is 24.5 Å². The van der Waals surface area contributed by atoms with Crippen LogP contribution in [0.3, 0.4) is 0 Å². The number of ether oxygens (including phenoxy) is 4. The number of esters is 2. The molecule has 1 aromatic carbocycles. The van der Waals surface area contributed by atoms with Crippen molar-refractivity contribution in [2.45, 2.75) is 108 Å². The second-order valence-electron chi connectivity index (χ2n) is 13.0. The molecule has 9 atom stereocenters. The highest BCUT2D eigenvalue weighted by Gasteiger charge is 2.83. The van der Waals surface area contributed by atoms with E-state index in [1.165, 1.54) is 6.92 Å². The van der Waals surface area contributed by atoms with Gasteiger partial charge in [-0.15, -0.1) is 0 Å². The molecular formula is C35H46O13. The Balaban J connectivity index is 1.96. The first kappa shape index (κ1) is 38.4. The van der Waals surface area contributed by atoms with Crippen LogP contribution in [0.4, 0.5) is 0 Å². The number of carbonyl (C=O) groups excluding carboxylic acids is 2. The summed E-state index contributed by atoms with van der Waals surface area (Å²) >= 11 is 0. The van der Waals surface area contributed by atoms with Gasteiger partial charge in [0, 0.05) is 31.8 Å². The summed E-state index contributed by atoms with van der Waals surface area (Å²) in [6, 6.07) is 9.43. The molecule has 0 spiro atoms. The number of rotatable bonds is 17. The summed E-state index contributed by atoms with van der Waals surface area (Å²) in [4.78, 5) is 62.8. The first-order valence-electron chi connectivity index (χ1n) is 16.0. The predicted molar refractivity (Wildman–Crippen MR) is 169 cm³/mol. The summed E-state index contributed by atoms with van der Waals surface area (Å²) in [6.45, 7) is 13.1. The number of aliphatic carboxylic acids is 3. The van der Waals surface area contributed by atoms with Gasteiger partial charge in [0.15, 0.2) is 11.9 Å². The van der Waals surface area contributed by atoms with Crippen molar-refractivity contribution in [1.29, 1.82) is 0 Å². The number of carboxylic acids is 3. The smallest absolute Gasteiger partial charge is 0.343 e. The van der Waals surface area contributed by atoms with Crippen molar-refractivity contribution < 1.29 is 63.3 Å². The van der Waals surface area contributed by atoms with Gasteiger partial charge in [-0.1, -0.05) is 77.1 Å². The lowest BCUT2D eigenvalue weighted by molar-refractivity contribution is -0.365. The van der Waals surface area contributed by atoms with Crippen LogP contribution in [-0.2, 0) is 49.3 Å². The van der Waals surface area contributed by atoms with Gasteiger partial charge in [-0.2, -0.15) is 0 Å². The van der Waals surface area contributed by atoms with Gasteiger partial charge < -0.3 is 39.4 Å². The zero-order chi connectivity index (χ0) is 36.0. The number of fused-ring (bicyclic) bond motifs is 2. The third-order valence-corrected chi connectivity index (χ3v) is 9.17. The second kappa shape index (κ2) is 15.4. The largest absolute Gasteiger partial charge is 0.479 e. The Hall–Kier alpha value is -4.07. The minimum atomic E-state index is -3.72. The summed E-state index contributed by atoms with van der Waals surface area (Å²) in [6.07, 6.45) is -1.64. The average Bonchev–Trinajstić information content (AvgIpc) is 3.31. The van der Waals surface area contributed by atoms with Gasteiger partial charge in [0.2, 0.25) is 17.3 Å². The van der Waals surface area contributed by atoms with E-state index < -0.39 is 71.6 Å². The maximum absolute atomic E-state index is 13.0. The second-order valence-corrected chi connectivity index (χ2v) is 13.0. The molecule has 2 bridgehead atoms. The van der Waals surface area contributed by atoms with Crippen molar-refractivity contribution in [2.24, 2.45) is 17.8 Å². The Morgan fingerprint density at radius 3 is 2.25 bits per heavy atom. The molecule has 0 saturated carbocycles. The Kier molecular flexibility index (Phi) is 12.3. The van der Waals surface area contributed by atoms with Gasteiger partial charge in [-0.25, -0.2) is 19.2 Å². The molecule has 3 rings (SSSR count). The lowest BCUT2D eigenvalue weighted by Crippen LogP contribution is -2.78. The minimum absolute atomic E-state index is 0.0533. The SMILES string of the molecule is C=C(CC[C@@]12C[C@@H](OC(=O)C=C[C@@H](C)C[C@@H](C)CC)[C@@](C(=O)O)(O1)[C@](O)(C(=O)O)[C@@H](C(=O)O)O2)[C@@H](OC(C)=O)[C@H](C)Cc1ccccc1. The normalized spacial score (nSPS) is 29.0. The Morgan fingerprint density at radius 1 is 1.06 bits per heavy atom. The number of carbonyl (C=O) groups is 5. The van der Waals surface area contributed by atoms with Crippen molar-refractivity contribution >= 4 is 29.8 Å². The summed E-state index contributed by atoms with van der Waals surface area (Å²) in [5.74, 6) is -10.0. The molecule has 1 aromatic rings. The lowest BCUT2D eigenvalue weighted by Gasteiger charge is -2.49. The molecule has 264 valence electrons. The quantitative estimate of drug-likeness (QED) is 0.105. The third kappa shape index (κ3) is 7.96. The summed E-state index contributed by atoms with van der Waals surface area (Å²) in [5.41, 5.74) is -5.66. The Labute approximate surface area is 279 Å². The number of allylic oxidation sites excluding steroid dienone is 1. The van der Waals surface area contributed by atoms with Crippen LogP contribution in [0.1, 0.15) is 72.3 Å². The number of aliphatic hydroxyl groups is 1. The van der Waals surface area contributed by atoms with Crippen LogP contribution in [0.2, 0.25) is 0 Å². The van der Waals surface area contributed by atoms with Gasteiger partial charge in [-0.05, 0) is 42.2 Å². The fourth-order valence-electron chi connectivity index (χ4n) is 6.57. The Morgan fingerprint density at radius 2 is 1.71 bits per heavy atom. The van der Waals surface area contributed by atoms with E-state index in [1.807, 2.05) is 58.0 Å². The molecule has 2 saturated heterocycles. The van der Waals surface area contributed by atoms with Crippen LogP contribution in [0, 0.1) is 17.8 Å². The minimum Gasteiger partial charge on any atom is -0.479 e. The van der Waals surface area contributed by atoms with Crippen molar-refractivity contribution in [2.75, 3.05) is 0 Å². The van der Waals surface area contributed by atoms with Gasteiger partial charge >= 0.3 is 29.8 Å². The van der Waals surface area contributed by atoms with Crippen LogP contribution in [-0.4, -0.2) is 85.6 Å². The maximum atomic E-state index is 13.0. The van der Waals surface area contributed by atoms with E-state index in [2.05, 4.69) is 6.58 Å². The van der Waals surface area contributed by atoms with Crippen LogP contribution in [0.5, 0.6) is 0 Å². The number of carboxylic acid groups (broad SMARTS) is 3. The third-order valence-electron chi connectivity index (χ3n) is 9.17. The molecule has 13 heteroatoms. The standard InChI is InChI=1S/C35H46O13/c1-7-20(2)17-21(3)13-14-27(37)46-26-19-33(47-29(30(38)39)34(44,31(40)41)35(26,48-33)32(42)43)16-15-22(4)28(45-24(6)36)23(5)18-25-11-9-8-10-12-25/h8-14,20-21,23,26,28-29,44H,4,7,15-19H2,1-3,5-6H3,(H,38,39)(H,40,41)(H,42,43)/t20-,21+,23+,26+,28+,29+,33-,34+,35-/m0/s1. The van der Waals surface area contributed by atoms with Crippen LogP contribution >= 0.6 is 0 Å². The molecule has 0 aromatic heterocycles. The van der Waals surface area contributed by atoms with Gasteiger partial charge in [-0.3, -0.25) is 4.79 Å². The molecule has 0 aliphatic carbocycles. The molecular weight excluding hydrogens is 628 g/mol. The molecule has 4 N–H and O–H groups in total. The van der Waals surface area contributed by atoms with Crippen LogP contribution < -0.4 is 0 Å². The zero-order valence-corrected chi connectivity index (χ0v) is 27.9. The summed E-state index contributed by atoms with van der Waals surface area (Å²) in [5, 5.41) is 41.9. The molecule has 2 fully saturated rings. The fraction of sp³-hybridized carbons (Fsp3) is 0.571. The predicted octanol–water partition coefficient (Wildman–Crippen LogP) is 3.91. The first-order valence-corrected chi connectivity index (χ1v) is 16.0. The molecule has 2 aliphatic rings. The van der Waals surface area contributed by atoms with Crippen molar-refractivity contribution in [3.63, 3.8) is 0 Å². The van der Waals surface area contributed by atoms with E-state index >= 15 is 0 Å². The molecule has 0 unspecified atom stereocenters. The average molecular weight is 675 g/mol. The molecule has 0 amide bonds. The highest BCUT2D eigenvalue weighted by molar-refractivity contribution is 5.98. The summed E-state index contributed by atoms with van der Waals surface area (Å²) < 4.78 is 22.5. The lowest BCUT2D eigenvalue weighted by atomic mass is 9.75. The van der Waals surface area contributed by atoms with Crippen LogP contribution in [0.25, 0.3) is 0 Å². The molecule has 2 heterocycles. The van der Waals surface area contributed by atoms with E-state index in [-0.39, 0.29) is 24.7 Å². The number of benzene rings is 1. The van der Waals surface area contributed by atoms with E-state index in [1.54, 1.807) is 6.08 Å². The monoisotopic (exact) mass is 674 g/mol. The van der Waals surface area contributed by atoms with E-state index in [0.29, 0.717) is 17.9 Å². The Bertz CT molecular complexity index is 1410. The highest BCUT2D eigenvalue weighted by atomic mass is 16.8. The molecule has 13 nitrogen and oxygen atoms in total. The van der Waals surface area contributed by atoms with E-state index in [9.17, 15) is 44.4 Å². The van der Waals surface area contributed by atoms with E-state index in [4.69, 9.17) is 18.9 Å². The zero-order valence-electron chi connectivity index (χ0n) is 27.9. The highest BCUT2D eigenvalue weighted by Crippen LogP contribution is 2.55. The number of hydrogen-bond acceptors (Lipinski definition) is 10. The van der Waals surface area contributed by atoms with Gasteiger partial charge in [0.05, 0.1) is 0 Å². The van der Waals surface area contributed by atoms with Gasteiger partial charge in [0.1, 0.15) is 6.10 Å². The topological polar surface area (TPSA) is 203 Å². The van der Waals surface area contributed by atoms with Crippen molar-refractivity contribution in [3.8, 4) is 0 Å². The molecule has 0 radical (unpaired) electrons. The fourth-order valence-corrected chi connectivity index (χ4v) is 6.57. The molecule has 2 aliphatic heterocycles. The van der Waals surface area contributed by atoms with Gasteiger partial charge in [0.25, 0.3) is 0 Å². The maximum Gasteiger partial charge on any atom is 0.343 e.